The zero-order valence-corrected chi connectivity index (χ0v) is 8.42. The van der Waals surface area contributed by atoms with Gasteiger partial charge in [0.2, 0.25) is 5.91 Å². The number of carbonyl (C=O) groups is 1. The van der Waals surface area contributed by atoms with Gasteiger partial charge in [0.1, 0.15) is 12.4 Å². The summed E-state index contributed by atoms with van der Waals surface area (Å²) in [5.41, 5.74) is 7.58. The largest absolute Gasteiger partial charge is 0.368 e. The van der Waals surface area contributed by atoms with E-state index in [9.17, 15) is 4.79 Å². The summed E-state index contributed by atoms with van der Waals surface area (Å²) in [5, 5.41) is 0. The van der Waals surface area contributed by atoms with Crippen LogP contribution in [0.15, 0.2) is 0 Å². The Labute approximate surface area is 83.1 Å². The van der Waals surface area contributed by atoms with E-state index in [0.29, 0.717) is 0 Å². The third-order valence-corrected chi connectivity index (χ3v) is 2.74. The number of amides is 1. The highest BCUT2D eigenvalue weighted by Crippen LogP contribution is 2.21. The monoisotopic (exact) mass is 193 g/mol. The fourth-order valence-electron chi connectivity index (χ4n) is 2.10. The summed E-state index contributed by atoms with van der Waals surface area (Å²) in [6.45, 7) is 2.20. The lowest BCUT2D eigenvalue weighted by Gasteiger charge is -2.13. The van der Waals surface area contributed by atoms with Gasteiger partial charge in [-0.1, -0.05) is 0 Å². The Morgan fingerprint density at radius 1 is 1.50 bits per heavy atom. The number of aryl methyl sites for hydroxylation is 2. The van der Waals surface area contributed by atoms with Gasteiger partial charge in [-0.15, -0.1) is 0 Å². The predicted octanol–water partition coefficient (Wildman–Crippen LogP) is 0.556. The smallest absolute Gasteiger partial charge is 0.237 e. The number of nitrogens with zero attached hydrogens (tertiary/aromatic N) is 2. The summed E-state index contributed by atoms with van der Waals surface area (Å²) in [7, 11) is 0. The van der Waals surface area contributed by atoms with Crippen LogP contribution in [-0.4, -0.2) is 15.5 Å². The topological polar surface area (TPSA) is 60.9 Å². The van der Waals surface area contributed by atoms with Gasteiger partial charge in [0.25, 0.3) is 0 Å². The van der Waals surface area contributed by atoms with Gasteiger partial charge in [0, 0.05) is 5.69 Å². The molecule has 2 N–H and O–H groups in total. The average Bonchev–Trinajstić information content (AvgIpc) is 2.43. The minimum absolute atomic E-state index is 0.272. The van der Waals surface area contributed by atoms with Crippen molar-refractivity contribution < 1.29 is 4.79 Å². The summed E-state index contributed by atoms with van der Waals surface area (Å²) in [6.07, 6.45) is 4.47. The molecule has 4 nitrogen and oxygen atoms in total. The molecule has 0 saturated carbocycles. The molecular formula is C10H15N3O. The number of hydrogen-bond acceptors (Lipinski definition) is 2. The quantitative estimate of drug-likeness (QED) is 0.745. The number of fused-ring (bicyclic) bond motifs is 1. The lowest BCUT2D eigenvalue weighted by molar-refractivity contribution is -0.118. The molecular weight excluding hydrogens is 178 g/mol. The number of nitrogens with two attached hydrogens (primary N) is 1. The normalized spacial score (nSPS) is 15.2. The maximum atomic E-state index is 10.9. The molecule has 0 unspecified atom stereocenters. The highest BCUT2D eigenvalue weighted by molar-refractivity contribution is 5.73. The molecule has 4 heteroatoms. The molecule has 0 spiro atoms. The van der Waals surface area contributed by atoms with Crippen molar-refractivity contribution in [3.05, 3.63) is 17.2 Å². The minimum atomic E-state index is -0.293. The Balaban J connectivity index is 2.37. The molecule has 1 amide bonds. The van der Waals surface area contributed by atoms with Crippen LogP contribution in [0.25, 0.3) is 0 Å². The highest BCUT2D eigenvalue weighted by Gasteiger charge is 2.18. The van der Waals surface area contributed by atoms with E-state index in [0.717, 1.165) is 24.4 Å². The Hall–Kier alpha value is -1.32. The van der Waals surface area contributed by atoms with Crippen molar-refractivity contribution in [2.24, 2.45) is 5.73 Å². The summed E-state index contributed by atoms with van der Waals surface area (Å²) in [6, 6.07) is 0. The van der Waals surface area contributed by atoms with E-state index >= 15 is 0 Å². The van der Waals surface area contributed by atoms with Crippen LogP contribution in [-0.2, 0) is 24.2 Å². The molecule has 1 aliphatic carbocycles. The van der Waals surface area contributed by atoms with Crippen molar-refractivity contribution in [1.82, 2.24) is 9.55 Å². The highest BCUT2D eigenvalue weighted by atomic mass is 16.1. The molecule has 1 aliphatic rings. The molecule has 0 saturated heterocycles. The van der Waals surface area contributed by atoms with Crippen LogP contribution >= 0.6 is 0 Å². The summed E-state index contributed by atoms with van der Waals surface area (Å²) in [4.78, 5) is 15.3. The van der Waals surface area contributed by atoms with E-state index in [2.05, 4.69) is 4.98 Å². The van der Waals surface area contributed by atoms with Gasteiger partial charge in [-0.05, 0) is 32.6 Å². The van der Waals surface area contributed by atoms with Crippen LogP contribution in [0.3, 0.4) is 0 Å². The summed E-state index contributed by atoms with van der Waals surface area (Å²) >= 11 is 0. The summed E-state index contributed by atoms with van der Waals surface area (Å²) < 4.78 is 1.96. The van der Waals surface area contributed by atoms with Crippen molar-refractivity contribution in [2.45, 2.75) is 39.2 Å². The number of primary amides is 1. The Kier molecular flexibility index (Phi) is 2.27. The number of rotatable bonds is 2. The van der Waals surface area contributed by atoms with Crippen LogP contribution in [0.1, 0.15) is 30.1 Å². The molecule has 0 aliphatic heterocycles. The lowest BCUT2D eigenvalue weighted by Crippen LogP contribution is -2.21. The third kappa shape index (κ3) is 1.52. The molecule has 0 bridgehead atoms. The zero-order chi connectivity index (χ0) is 10.1. The minimum Gasteiger partial charge on any atom is -0.368 e. The first kappa shape index (κ1) is 9.24. The van der Waals surface area contributed by atoms with E-state index in [-0.39, 0.29) is 12.5 Å². The van der Waals surface area contributed by atoms with E-state index in [4.69, 9.17) is 5.73 Å². The van der Waals surface area contributed by atoms with Crippen molar-refractivity contribution in [3.63, 3.8) is 0 Å². The predicted molar refractivity (Wildman–Crippen MR) is 52.8 cm³/mol. The molecule has 0 aromatic carbocycles. The Bertz CT molecular complexity index is 368. The SMILES string of the molecule is Cc1nc2c(n1CC(N)=O)CCCC2. The van der Waals surface area contributed by atoms with E-state index in [1.165, 1.54) is 18.5 Å². The van der Waals surface area contributed by atoms with E-state index in [1.54, 1.807) is 0 Å². The number of hydrogen-bond donors (Lipinski definition) is 1. The molecule has 2 rings (SSSR count). The maximum absolute atomic E-state index is 10.9. The molecule has 14 heavy (non-hydrogen) atoms. The first-order chi connectivity index (χ1) is 6.68. The van der Waals surface area contributed by atoms with Crippen LogP contribution in [0.2, 0.25) is 0 Å². The Morgan fingerprint density at radius 2 is 2.21 bits per heavy atom. The second kappa shape index (κ2) is 3.44. The molecule has 0 atom stereocenters. The standard InChI is InChI=1S/C10H15N3O/c1-7-12-8-4-2-3-5-9(8)13(7)6-10(11)14/h2-6H2,1H3,(H2,11,14). The van der Waals surface area contributed by atoms with Gasteiger partial charge >= 0.3 is 0 Å². The number of aromatic nitrogens is 2. The molecule has 1 aromatic rings. The average molecular weight is 193 g/mol. The first-order valence-electron chi connectivity index (χ1n) is 5.01. The zero-order valence-electron chi connectivity index (χ0n) is 8.42. The first-order valence-corrected chi connectivity index (χ1v) is 5.01. The lowest BCUT2D eigenvalue weighted by atomic mass is 10.0. The van der Waals surface area contributed by atoms with Crippen molar-refractivity contribution >= 4 is 5.91 Å². The van der Waals surface area contributed by atoms with Crippen molar-refractivity contribution in [3.8, 4) is 0 Å². The van der Waals surface area contributed by atoms with E-state index < -0.39 is 0 Å². The van der Waals surface area contributed by atoms with Gasteiger partial charge < -0.3 is 10.3 Å². The van der Waals surface area contributed by atoms with Gasteiger partial charge in [-0.25, -0.2) is 4.98 Å². The molecule has 0 radical (unpaired) electrons. The number of imidazole rings is 1. The third-order valence-electron chi connectivity index (χ3n) is 2.74. The second-order valence-corrected chi connectivity index (χ2v) is 3.81. The van der Waals surface area contributed by atoms with Crippen LogP contribution in [0, 0.1) is 6.92 Å². The molecule has 0 fully saturated rings. The van der Waals surface area contributed by atoms with Gasteiger partial charge in [-0.2, -0.15) is 0 Å². The van der Waals surface area contributed by atoms with Crippen molar-refractivity contribution in [2.75, 3.05) is 0 Å². The van der Waals surface area contributed by atoms with Crippen LogP contribution < -0.4 is 5.73 Å². The van der Waals surface area contributed by atoms with E-state index in [1.807, 2.05) is 11.5 Å². The van der Waals surface area contributed by atoms with Gasteiger partial charge in [0.15, 0.2) is 0 Å². The van der Waals surface area contributed by atoms with Crippen molar-refractivity contribution in [1.29, 1.82) is 0 Å². The fourth-order valence-corrected chi connectivity index (χ4v) is 2.10. The molecule has 1 aromatic heterocycles. The second-order valence-electron chi connectivity index (χ2n) is 3.81. The van der Waals surface area contributed by atoms with Gasteiger partial charge in [0.05, 0.1) is 5.69 Å². The fraction of sp³-hybridized carbons (Fsp3) is 0.600. The summed E-state index contributed by atoms with van der Waals surface area (Å²) in [5.74, 6) is 0.620. The van der Waals surface area contributed by atoms with Crippen LogP contribution in [0.5, 0.6) is 0 Å². The van der Waals surface area contributed by atoms with Gasteiger partial charge in [-0.3, -0.25) is 4.79 Å². The number of carbonyl (C=O) groups excluding carboxylic acids is 1. The van der Waals surface area contributed by atoms with Crippen LogP contribution in [0.4, 0.5) is 0 Å². The molecule has 76 valence electrons. The Morgan fingerprint density at radius 3 is 2.93 bits per heavy atom. The maximum Gasteiger partial charge on any atom is 0.237 e. The molecule has 1 heterocycles.